The molecule has 1 saturated carbocycles. The van der Waals surface area contributed by atoms with Crippen LogP contribution in [0.2, 0.25) is 0 Å². The fourth-order valence-corrected chi connectivity index (χ4v) is 6.33. The van der Waals surface area contributed by atoms with Crippen LogP contribution in [-0.4, -0.2) is 69.1 Å². The summed E-state index contributed by atoms with van der Waals surface area (Å²) in [6.07, 6.45) is 0.299. The number of alkyl halides is 3. The first-order valence-corrected chi connectivity index (χ1v) is 15.2. The van der Waals surface area contributed by atoms with Crippen molar-refractivity contribution in [2.45, 2.75) is 63.0 Å². The van der Waals surface area contributed by atoms with E-state index < -0.39 is 18.8 Å². The van der Waals surface area contributed by atoms with Gasteiger partial charge in [0.15, 0.2) is 6.10 Å². The molecule has 3 heterocycles. The highest BCUT2D eigenvalue weighted by atomic mass is 19.4. The summed E-state index contributed by atoms with van der Waals surface area (Å²) < 4.78 is 44.1. The minimum Gasteiger partial charge on any atom is -0.490 e. The Balaban J connectivity index is 1.11. The molecule has 0 spiro atoms. The van der Waals surface area contributed by atoms with Crippen molar-refractivity contribution in [3.8, 4) is 17.0 Å². The van der Waals surface area contributed by atoms with Crippen LogP contribution in [0.5, 0.6) is 5.75 Å². The molecule has 232 valence electrons. The number of halogens is 3. The maximum atomic E-state index is 13.5. The summed E-state index contributed by atoms with van der Waals surface area (Å²) in [5.74, 6) is 0.872. The van der Waals surface area contributed by atoms with Crippen molar-refractivity contribution in [1.29, 1.82) is 0 Å². The molecule has 1 aliphatic heterocycles. The number of aliphatic hydroxyl groups is 1. The van der Waals surface area contributed by atoms with Crippen molar-refractivity contribution in [2.24, 2.45) is 5.92 Å². The molecular formula is C33H36F3N5O3. The summed E-state index contributed by atoms with van der Waals surface area (Å²) >= 11 is 0. The Hall–Kier alpha value is -3.96. The Morgan fingerprint density at radius 2 is 1.80 bits per heavy atom. The minimum absolute atomic E-state index is 0.119. The number of likely N-dealkylation sites (tertiary alicyclic amines) is 1. The highest BCUT2D eigenvalue weighted by Crippen LogP contribution is 2.36. The van der Waals surface area contributed by atoms with Gasteiger partial charge in [0.2, 0.25) is 0 Å². The van der Waals surface area contributed by atoms with Crippen molar-refractivity contribution >= 4 is 16.8 Å². The highest BCUT2D eigenvalue weighted by Gasteiger charge is 2.39. The normalized spacial score (nSPS) is 18.4. The van der Waals surface area contributed by atoms with E-state index in [1.807, 2.05) is 54.6 Å². The van der Waals surface area contributed by atoms with Gasteiger partial charge >= 0.3 is 6.18 Å². The average molecular weight is 608 g/mol. The van der Waals surface area contributed by atoms with Gasteiger partial charge in [-0.15, -0.1) is 0 Å². The standard InChI is InChI=1S/C33H36F3N5O3/c34-33(35,36)29(42)20-41-17-14-25(15-18-41)44-24-11-8-22(9-12-24)30-26-19-23(10-13-27(26)39-40-30)32(43)38-31(21-5-1-2-6-21)28-7-3-4-16-37-28/h3-4,7-13,16,19,21,25,29,31,42H,1-2,5-6,14-15,17-18,20H2,(H,38,43)(H,39,40)/t29-,31?/m1/s1. The molecule has 0 radical (unpaired) electrons. The number of benzene rings is 2. The fourth-order valence-electron chi connectivity index (χ4n) is 6.33. The molecule has 1 amide bonds. The number of nitrogens with one attached hydrogen (secondary N) is 2. The molecule has 2 aliphatic rings. The van der Waals surface area contributed by atoms with Crippen LogP contribution in [0, 0.1) is 5.92 Å². The summed E-state index contributed by atoms with van der Waals surface area (Å²) in [6.45, 7) is 0.430. The first-order chi connectivity index (χ1) is 21.2. The van der Waals surface area contributed by atoms with E-state index in [9.17, 15) is 23.1 Å². The van der Waals surface area contributed by atoms with E-state index in [1.165, 1.54) is 0 Å². The van der Waals surface area contributed by atoms with Crippen LogP contribution in [0.4, 0.5) is 13.2 Å². The van der Waals surface area contributed by atoms with Crippen LogP contribution in [0.1, 0.15) is 60.6 Å². The number of carbonyl (C=O) groups is 1. The van der Waals surface area contributed by atoms with Gasteiger partial charge in [-0.05, 0) is 86.2 Å². The summed E-state index contributed by atoms with van der Waals surface area (Å²) in [5, 5.41) is 21.0. The van der Waals surface area contributed by atoms with E-state index in [0.717, 1.165) is 53.5 Å². The number of nitrogens with zero attached hydrogens (tertiary/aromatic N) is 3. The van der Waals surface area contributed by atoms with Crippen LogP contribution >= 0.6 is 0 Å². The molecule has 11 heteroatoms. The Bertz CT molecular complexity index is 1550. The minimum atomic E-state index is -4.61. The SMILES string of the molecule is O=C(NC(c1ccccn1)C1CCCC1)c1ccc2[nH]nc(-c3ccc(OC4CCN(C[C@@H](O)C(F)(F)F)CC4)cc3)c2c1. The number of pyridine rings is 1. The molecule has 2 atom stereocenters. The first kappa shape index (κ1) is 30.1. The van der Waals surface area contributed by atoms with Gasteiger partial charge in [-0.3, -0.25) is 14.9 Å². The summed E-state index contributed by atoms with van der Waals surface area (Å²) in [5.41, 5.74) is 3.82. The Kier molecular flexibility index (Phi) is 8.86. The summed E-state index contributed by atoms with van der Waals surface area (Å²) in [4.78, 5) is 19.7. The zero-order chi connectivity index (χ0) is 30.7. The van der Waals surface area contributed by atoms with Gasteiger partial charge in [0.05, 0.1) is 22.9 Å². The molecular weight excluding hydrogens is 571 g/mol. The molecule has 0 bridgehead atoms. The van der Waals surface area contributed by atoms with E-state index in [1.54, 1.807) is 17.2 Å². The number of aliphatic hydroxyl groups excluding tert-OH is 1. The number of β-amino-alcohol motifs (C(OH)–C–C–N with tert-alkyl or cyclic N) is 1. The lowest BCUT2D eigenvalue weighted by Crippen LogP contribution is -2.45. The summed E-state index contributed by atoms with van der Waals surface area (Å²) in [7, 11) is 0. The molecule has 1 saturated heterocycles. The molecule has 4 aromatic rings. The number of piperidine rings is 1. The van der Waals surface area contributed by atoms with Crippen molar-refractivity contribution in [2.75, 3.05) is 19.6 Å². The predicted octanol–water partition coefficient (Wildman–Crippen LogP) is 6.05. The third-order valence-corrected chi connectivity index (χ3v) is 8.76. The van der Waals surface area contributed by atoms with Gasteiger partial charge in [-0.2, -0.15) is 18.3 Å². The zero-order valence-corrected chi connectivity index (χ0v) is 24.3. The van der Waals surface area contributed by atoms with Crippen molar-refractivity contribution < 1.29 is 27.8 Å². The van der Waals surface area contributed by atoms with Crippen LogP contribution in [-0.2, 0) is 0 Å². The van der Waals surface area contributed by atoms with Crippen LogP contribution in [0.3, 0.4) is 0 Å². The van der Waals surface area contributed by atoms with Crippen LogP contribution in [0.25, 0.3) is 22.2 Å². The molecule has 2 aromatic carbocycles. The average Bonchev–Trinajstić information content (AvgIpc) is 3.71. The number of ether oxygens (including phenoxy) is 1. The quantitative estimate of drug-likeness (QED) is 0.214. The molecule has 8 nitrogen and oxygen atoms in total. The number of fused-ring (bicyclic) bond motifs is 1. The topological polar surface area (TPSA) is 103 Å². The van der Waals surface area contributed by atoms with Gasteiger partial charge in [0, 0.05) is 42.3 Å². The Morgan fingerprint density at radius 3 is 2.48 bits per heavy atom. The van der Waals surface area contributed by atoms with Crippen molar-refractivity contribution in [3.05, 3.63) is 78.1 Å². The van der Waals surface area contributed by atoms with Gasteiger partial charge in [0.1, 0.15) is 11.9 Å². The number of hydrogen-bond donors (Lipinski definition) is 3. The van der Waals surface area contributed by atoms with Crippen LogP contribution < -0.4 is 10.1 Å². The highest BCUT2D eigenvalue weighted by molar-refractivity contribution is 6.01. The lowest BCUT2D eigenvalue weighted by atomic mass is 9.94. The molecule has 3 N–H and O–H groups in total. The molecule has 2 fully saturated rings. The third kappa shape index (κ3) is 6.89. The van der Waals surface area contributed by atoms with E-state index in [2.05, 4.69) is 20.5 Å². The zero-order valence-electron chi connectivity index (χ0n) is 24.3. The van der Waals surface area contributed by atoms with Crippen molar-refractivity contribution in [1.82, 2.24) is 25.4 Å². The van der Waals surface area contributed by atoms with E-state index in [-0.39, 0.29) is 18.1 Å². The monoisotopic (exact) mass is 607 g/mol. The van der Waals surface area contributed by atoms with Crippen LogP contribution in [0.15, 0.2) is 66.9 Å². The van der Waals surface area contributed by atoms with Gasteiger partial charge in [-0.25, -0.2) is 0 Å². The number of rotatable bonds is 9. The Labute approximate surface area is 253 Å². The van der Waals surface area contributed by atoms with Crippen molar-refractivity contribution in [3.63, 3.8) is 0 Å². The van der Waals surface area contributed by atoms with E-state index in [0.29, 0.717) is 43.2 Å². The number of hydrogen-bond acceptors (Lipinski definition) is 6. The second-order valence-electron chi connectivity index (χ2n) is 11.8. The smallest absolute Gasteiger partial charge is 0.415 e. The number of aromatic amines is 1. The van der Waals surface area contributed by atoms with E-state index in [4.69, 9.17) is 4.74 Å². The molecule has 2 aromatic heterocycles. The van der Waals surface area contributed by atoms with Gasteiger partial charge in [0.25, 0.3) is 5.91 Å². The second-order valence-corrected chi connectivity index (χ2v) is 11.8. The maximum Gasteiger partial charge on any atom is 0.415 e. The lowest BCUT2D eigenvalue weighted by Gasteiger charge is -2.33. The fraction of sp³-hybridized carbons (Fsp3) is 0.424. The second kappa shape index (κ2) is 13.0. The maximum absolute atomic E-state index is 13.5. The largest absolute Gasteiger partial charge is 0.490 e. The molecule has 1 unspecified atom stereocenters. The number of amides is 1. The number of carbonyl (C=O) groups excluding carboxylic acids is 1. The van der Waals surface area contributed by atoms with Gasteiger partial charge < -0.3 is 20.1 Å². The molecule has 6 rings (SSSR count). The Morgan fingerprint density at radius 1 is 1.05 bits per heavy atom. The van der Waals surface area contributed by atoms with Gasteiger partial charge in [-0.1, -0.05) is 18.9 Å². The first-order valence-electron chi connectivity index (χ1n) is 15.2. The molecule has 1 aliphatic carbocycles. The number of H-pyrrole nitrogens is 1. The predicted molar refractivity (Wildman–Crippen MR) is 160 cm³/mol. The molecule has 44 heavy (non-hydrogen) atoms. The third-order valence-electron chi connectivity index (χ3n) is 8.76. The lowest BCUT2D eigenvalue weighted by molar-refractivity contribution is -0.208. The summed E-state index contributed by atoms with van der Waals surface area (Å²) in [6, 6.07) is 18.7. The van der Waals surface area contributed by atoms with E-state index >= 15 is 0 Å². The number of aromatic nitrogens is 3.